The summed E-state index contributed by atoms with van der Waals surface area (Å²) >= 11 is 0. The molecule has 2 amide bonds. The SMILES string of the molecule is CCN(C(=O)C1CCC(=O)NC1)c1cc(O)ccc1C. The van der Waals surface area contributed by atoms with Gasteiger partial charge in [-0.1, -0.05) is 6.07 Å². The van der Waals surface area contributed by atoms with Gasteiger partial charge in [-0.15, -0.1) is 0 Å². The van der Waals surface area contributed by atoms with Crippen molar-refractivity contribution in [1.29, 1.82) is 0 Å². The second kappa shape index (κ2) is 5.94. The number of hydrogen-bond acceptors (Lipinski definition) is 3. The molecule has 0 aliphatic carbocycles. The molecule has 0 saturated carbocycles. The van der Waals surface area contributed by atoms with Gasteiger partial charge in [-0.2, -0.15) is 0 Å². The number of anilines is 1. The summed E-state index contributed by atoms with van der Waals surface area (Å²) in [4.78, 5) is 25.4. The molecule has 0 radical (unpaired) electrons. The molecule has 0 aromatic heterocycles. The highest BCUT2D eigenvalue weighted by atomic mass is 16.3. The molecule has 5 nitrogen and oxygen atoms in total. The van der Waals surface area contributed by atoms with Crippen molar-refractivity contribution in [3.63, 3.8) is 0 Å². The molecule has 1 aromatic rings. The third-order valence-corrected chi connectivity index (χ3v) is 3.68. The topological polar surface area (TPSA) is 69.6 Å². The van der Waals surface area contributed by atoms with Crippen LogP contribution in [0.25, 0.3) is 0 Å². The number of rotatable bonds is 3. The maximum Gasteiger partial charge on any atom is 0.231 e. The van der Waals surface area contributed by atoms with Crippen molar-refractivity contribution in [2.45, 2.75) is 26.7 Å². The van der Waals surface area contributed by atoms with Crippen molar-refractivity contribution in [3.05, 3.63) is 23.8 Å². The first-order valence-corrected chi connectivity index (χ1v) is 6.90. The summed E-state index contributed by atoms with van der Waals surface area (Å²) in [7, 11) is 0. The van der Waals surface area contributed by atoms with Crippen LogP contribution >= 0.6 is 0 Å². The van der Waals surface area contributed by atoms with Crippen LogP contribution in [0.2, 0.25) is 0 Å². The van der Waals surface area contributed by atoms with Gasteiger partial charge in [0.25, 0.3) is 0 Å². The van der Waals surface area contributed by atoms with Gasteiger partial charge in [0.15, 0.2) is 0 Å². The van der Waals surface area contributed by atoms with E-state index in [-0.39, 0.29) is 23.5 Å². The van der Waals surface area contributed by atoms with Gasteiger partial charge in [0.1, 0.15) is 5.75 Å². The Kier molecular flexibility index (Phi) is 4.27. The summed E-state index contributed by atoms with van der Waals surface area (Å²) in [6.07, 6.45) is 0.978. The van der Waals surface area contributed by atoms with E-state index in [0.29, 0.717) is 25.9 Å². The number of amides is 2. The number of carbonyl (C=O) groups excluding carboxylic acids is 2. The molecule has 1 aromatic carbocycles. The van der Waals surface area contributed by atoms with Gasteiger partial charge in [0.2, 0.25) is 11.8 Å². The standard InChI is InChI=1S/C15H20N2O3/c1-3-17(13-8-12(18)6-4-10(13)2)15(20)11-5-7-14(19)16-9-11/h4,6,8,11,18H,3,5,7,9H2,1-2H3,(H,16,19). The highest BCUT2D eigenvalue weighted by Gasteiger charge is 2.29. The first-order valence-electron chi connectivity index (χ1n) is 6.90. The fourth-order valence-electron chi connectivity index (χ4n) is 2.50. The fraction of sp³-hybridized carbons (Fsp3) is 0.467. The Morgan fingerprint density at radius 2 is 2.25 bits per heavy atom. The molecule has 2 N–H and O–H groups in total. The van der Waals surface area contributed by atoms with Crippen molar-refractivity contribution < 1.29 is 14.7 Å². The zero-order valence-corrected chi connectivity index (χ0v) is 11.8. The molecule has 1 heterocycles. The Morgan fingerprint density at radius 1 is 1.50 bits per heavy atom. The number of carbonyl (C=O) groups is 2. The summed E-state index contributed by atoms with van der Waals surface area (Å²) in [6.45, 7) is 4.75. The number of hydrogen-bond donors (Lipinski definition) is 2. The summed E-state index contributed by atoms with van der Waals surface area (Å²) in [5.41, 5.74) is 1.67. The second-order valence-corrected chi connectivity index (χ2v) is 5.09. The Bertz CT molecular complexity index is 518. The van der Waals surface area contributed by atoms with Crippen molar-refractivity contribution in [2.24, 2.45) is 5.92 Å². The van der Waals surface area contributed by atoms with Gasteiger partial charge in [-0.25, -0.2) is 0 Å². The summed E-state index contributed by atoms with van der Waals surface area (Å²) in [6, 6.07) is 5.01. The molecule has 1 unspecified atom stereocenters. The molecular formula is C15H20N2O3. The molecule has 2 rings (SSSR count). The van der Waals surface area contributed by atoms with Gasteiger partial charge in [0, 0.05) is 25.6 Å². The lowest BCUT2D eigenvalue weighted by molar-refractivity contribution is -0.127. The molecule has 0 spiro atoms. The van der Waals surface area contributed by atoms with Crippen LogP contribution in [0.4, 0.5) is 5.69 Å². The molecule has 1 fully saturated rings. The van der Waals surface area contributed by atoms with E-state index >= 15 is 0 Å². The molecule has 108 valence electrons. The van der Waals surface area contributed by atoms with Crippen LogP contribution in [0.5, 0.6) is 5.75 Å². The van der Waals surface area contributed by atoms with E-state index in [9.17, 15) is 14.7 Å². The van der Waals surface area contributed by atoms with E-state index in [4.69, 9.17) is 0 Å². The van der Waals surface area contributed by atoms with Crippen LogP contribution in [0.15, 0.2) is 18.2 Å². The zero-order valence-electron chi connectivity index (χ0n) is 11.8. The van der Waals surface area contributed by atoms with E-state index in [0.717, 1.165) is 11.3 Å². The van der Waals surface area contributed by atoms with Gasteiger partial charge < -0.3 is 15.3 Å². The average molecular weight is 276 g/mol. The van der Waals surface area contributed by atoms with Crippen LogP contribution in [0.1, 0.15) is 25.3 Å². The van der Waals surface area contributed by atoms with E-state index in [1.165, 1.54) is 0 Å². The first kappa shape index (κ1) is 14.4. The first-order chi connectivity index (χ1) is 9.52. The minimum absolute atomic E-state index is 0.00111. The molecule has 1 saturated heterocycles. The number of nitrogens with one attached hydrogen (secondary N) is 1. The molecular weight excluding hydrogens is 256 g/mol. The molecule has 1 aliphatic rings. The van der Waals surface area contributed by atoms with Crippen LogP contribution in [0, 0.1) is 12.8 Å². The number of aryl methyl sites for hydroxylation is 1. The third-order valence-electron chi connectivity index (χ3n) is 3.68. The van der Waals surface area contributed by atoms with Gasteiger partial charge in [-0.05, 0) is 31.9 Å². The van der Waals surface area contributed by atoms with Crippen molar-refractivity contribution in [1.82, 2.24) is 5.32 Å². The Hall–Kier alpha value is -2.04. The van der Waals surface area contributed by atoms with Crippen LogP contribution in [-0.2, 0) is 9.59 Å². The molecule has 0 bridgehead atoms. The second-order valence-electron chi connectivity index (χ2n) is 5.09. The van der Waals surface area contributed by atoms with E-state index in [1.54, 1.807) is 23.1 Å². The number of benzene rings is 1. The van der Waals surface area contributed by atoms with Crippen molar-refractivity contribution in [3.8, 4) is 5.75 Å². The average Bonchev–Trinajstić information content (AvgIpc) is 2.44. The van der Waals surface area contributed by atoms with Crippen molar-refractivity contribution in [2.75, 3.05) is 18.0 Å². The Balaban J connectivity index is 2.21. The third kappa shape index (κ3) is 2.92. The predicted molar refractivity (Wildman–Crippen MR) is 76.6 cm³/mol. The summed E-state index contributed by atoms with van der Waals surface area (Å²) in [5, 5.41) is 12.3. The fourth-order valence-corrected chi connectivity index (χ4v) is 2.50. The number of aromatic hydroxyl groups is 1. The van der Waals surface area contributed by atoms with Crippen LogP contribution < -0.4 is 10.2 Å². The maximum absolute atomic E-state index is 12.6. The van der Waals surface area contributed by atoms with Crippen molar-refractivity contribution >= 4 is 17.5 Å². The van der Waals surface area contributed by atoms with E-state index in [1.807, 2.05) is 13.8 Å². The van der Waals surface area contributed by atoms with Gasteiger partial charge >= 0.3 is 0 Å². The monoisotopic (exact) mass is 276 g/mol. The zero-order chi connectivity index (χ0) is 14.7. The minimum Gasteiger partial charge on any atom is -0.508 e. The Morgan fingerprint density at radius 3 is 2.85 bits per heavy atom. The van der Waals surface area contributed by atoms with E-state index < -0.39 is 0 Å². The minimum atomic E-state index is -0.186. The predicted octanol–water partition coefficient (Wildman–Crippen LogP) is 1.58. The smallest absolute Gasteiger partial charge is 0.231 e. The van der Waals surface area contributed by atoms with Gasteiger partial charge in [0.05, 0.1) is 11.6 Å². The number of phenolic OH excluding ortho intramolecular Hbond substituents is 1. The number of piperidine rings is 1. The largest absolute Gasteiger partial charge is 0.508 e. The molecule has 20 heavy (non-hydrogen) atoms. The lowest BCUT2D eigenvalue weighted by Crippen LogP contribution is -2.45. The lowest BCUT2D eigenvalue weighted by atomic mass is 9.97. The van der Waals surface area contributed by atoms with Crippen LogP contribution in [0.3, 0.4) is 0 Å². The highest BCUT2D eigenvalue weighted by molar-refractivity contribution is 5.97. The van der Waals surface area contributed by atoms with E-state index in [2.05, 4.69) is 5.32 Å². The number of phenols is 1. The summed E-state index contributed by atoms with van der Waals surface area (Å²) < 4.78 is 0. The molecule has 1 atom stereocenters. The van der Waals surface area contributed by atoms with Crippen LogP contribution in [-0.4, -0.2) is 30.0 Å². The quantitative estimate of drug-likeness (QED) is 0.880. The lowest BCUT2D eigenvalue weighted by Gasteiger charge is -2.29. The van der Waals surface area contributed by atoms with Gasteiger partial charge in [-0.3, -0.25) is 9.59 Å². The summed E-state index contributed by atoms with van der Waals surface area (Å²) in [5.74, 6) is -0.0324. The molecule has 1 aliphatic heterocycles. The number of nitrogens with zero attached hydrogens (tertiary/aromatic N) is 1. The highest BCUT2D eigenvalue weighted by Crippen LogP contribution is 2.27. The molecule has 5 heteroatoms. The maximum atomic E-state index is 12.6. The Labute approximate surface area is 118 Å². The normalized spacial score (nSPS) is 18.5.